The zero-order valence-corrected chi connectivity index (χ0v) is 14.5. The van der Waals surface area contributed by atoms with Crippen molar-refractivity contribution in [3.05, 3.63) is 36.0 Å². The molecule has 25 heavy (non-hydrogen) atoms. The molecule has 0 spiro atoms. The van der Waals surface area contributed by atoms with E-state index >= 15 is 0 Å². The van der Waals surface area contributed by atoms with Gasteiger partial charge in [-0.2, -0.15) is 4.98 Å². The van der Waals surface area contributed by atoms with Gasteiger partial charge >= 0.3 is 0 Å². The van der Waals surface area contributed by atoms with Gasteiger partial charge < -0.3 is 14.6 Å². The summed E-state index contributed by atoms with van der Waals surface area (Å²) in [4.78, 5) is 18.9. The molecule has 2 heterocycles. The number of para-hydroxylation sites is 2. The van der Waals surface area contributed by atoms with Gasteiger partial charge in [-0.1, -0.05) is 30.1 Å². The molecule has 0 radical (unpaired) electrons. The van der Waals surface area contributed by atoms with Crippen molar-refractivity contribution in [2.75, 3.05) is 25.5 Å². The van der Waals surface area contributed by atoms with Crippen LogP contribution < -0.4 is 10.1 Å². The largest absolute Gasteiger partial charge is 0.495 e. The average molecular weight is 344 g/mol. The predicted octanol–water partition coefficient (Wildman–Crippen LogP) is 2.64. The third kappa shape index (κ3) is 5.03. The Bertz CT molecular complexity index is 693. The van der Waals surface area contributed by atoms with E-state index < -0.39 is 0 Å². The maximum Gasteiger partial charge on any atom is 0.240 e. The lowest BCUT2D eigenvalue weighted by atomic mass is 10.2. The number of hydrogen-bond acceptors (Lipinski definition) is 6. The van der Waals surface area contributed by atoms with E-state index in [2.05, 4.69) is 20.4 Å². The molecule has 1 amide bonds. The van der Waals surface area contributed by atoms with Gasteiger partial charge in [-0.3, -0.25) is 9.69 Å². The number of likely N-dealkylation sites (tertiary alicyclic amines) is 1. The van der Waals surface area contributed by atoms with Crippen LogP contribution in [0.1, 0.15) is 37.4 Å². The lowest BCUT2D eigenvalue weighted by molar-refractivity contribution is -0.115. The van der Waals surface area contributed by atoms with Crippen LogP contribution in [0.2, 0.25) is 0 Å². The Balaban J connectivity index is 1.54. The normalized spacial score (nSPS) is 15.6. The highest BCUT2D eigenvalue weighted by Gasteiger charge is 2.16. The predicted molar refractivity (Wildman–Crippen MR) is 93.4 cm³/mol. The lowest BCUT2D eigenvalue weighted by Gasteiger charge is -2.16. The van der Waals surface area contributed by atoms with Gasteiger partial charge in [-0.05, 0) is 38.1 Å². The number of amides is 1. The van der Waals surface area contributed by atoms with Gasteiger partial charge in [-0.15, -0.1) is 0 Å². The number of anilines is 1. The molecule has 0 unspecified atom stereocenters. The quantitative estimate of drug-likeness (QED) is 0.868. The number of methoxy groups -OCH3 is 1. The third-order valence-corrected chi connectivity index (χ3v) is 4.27. The van der Waals surface area contributed by atoms with Gasteiger partial charge in [0.15, 0.2) is 5.82 Å². The molecule has 1 aliphatic heterocycles. The van der Waals surface area contributed by atoms with E-state index in [4.69, 9.17) is 9.26 Å². The fourth-order valence-corrected chi connectivity index (χ4v) is 3.00. The van der Waals surface area contributed by atoms with Crippen molar-refractivity contribution in [2.45, 2.75) is 38.6 Å². The first-order valence-electron chi connectivity index (χ1n) is 8.71. The monoisotopic (exact) mass is 344 g/mol. The second-order valence-corrected chi connectivity index (χ2v) is 6.22. The van der Waals surface area contributed by atoms with E-state index in [1.54, 1.807) is 19.2 Å². The van der Waals surface area contributed by atoms with Crippen molar-refractivity contribution in [1.82, 2.24) is 15.0 Å². The van der Waals surface area contributed by atoms with E-state index in [-0.39, 0.29) is 12.3 Å². The van der Waals surface area contributed by atoms with E-state index in [0.29, 0.717) is 29.7 Å². The topological polar surface area (TPSA) is 80.5 Å². The molecular weight excluding hydrogens is 320 g/mol. The number of benzene rings is 1. The Kier molecular flexibility index (Phi) is 6.00. The highest BCUT2D eigenvalue weighted by molar-refractivity contribution is 5.93. The molecule has 0 aliphatic carbocycles. The fourth-order valence-electron chi connectivity index (χ4n) is 3.00. The minimum Gasteiger partial charge on any atom is -0.495 e. The first-order valence-corrected chi connectivity index (χ1v) is 8.71. The molecule has 1 aromatic heterocycles. The number of carbonyl (C=O) groups excluding carboxylic acids is 1. The number of ether oxygens (including phenoxy) is 1. The molecule has 0 bridgehead atoms. The van der Waals surface area contributed by atoms with Crippen molar-refractivity contribution in [3.63, 3.8) is 0 Å². The van der Waals surface area contributed by atoms with Gasteiger partial charge in [0, 0.05) is 0 Å². The zero-order chi connectivity index (χ0) is 17.5. The molecule has 2 aromatic rings. The van der Waals surface area contributed by atoms with Crippen molar-refractivity contribution >= 4 is 11.6 Å². The third-order valence-electron chi connectivity index (χ3n) is 4.27. The van der Waals surface area contributed by atoms with Gasteiger partial charge in [0.2, 0.25) is 11.8 Å². The number of nitrogens with one attached hydrogen (secondary N) is 1. The summed E-state index contributed by atoms with van der Waals surface area (Å²) in [7, 11) is 1.57. The number of aromatic nitrogens is 2. The second kappa shape index (κ2) is 8.62. The zero-order valence-electron chi connectivity index (χ0n) is 14.5. The van der Waals surface area contributed by atoms with Gasteiger partial charge in [0.25, 0.3) is 0 Å². The number of rotatable bonds is 6. The minimum atomic E-state index is -0.202. The number of hydrogen-bond donors (Lipinski definition) is 1. The molecule has 1 fully saturated rings. The Morgan fingerprint density at radius 3 is 2.76 bits per heavy atom. The maximum atomic E-state index is 12.2. The van der Waals surface area contributed by atoms with Gasteiger partial charge in [-0.25, -0.2) is 0 Å². The molecule has 1 saturated heterocycles. The molecule has 1 N–H and O–H groups in total. The van der Waals surface area contributed by atoms with Crippen LogP contribution in [0.5, 0.6) is 5.75 Å². The Labute approximate surface area is 147 Å². The average Bonchev–Trinajstić information content (AvgIpc) is 2.88. The molecule has 0 saturated carbocycles. The number of carbonyl (C=O) groups is 1. The van der Waals surface area contributed by atoms with Crippen LogP contribution in [-0.2, 0) is 17.8 Å². The summed E-state index contributed by atoms with van der Waals surface area (Å²) < 4.78 is 10.5. The Hall–Kier alpha value is -2.41. The summed E-state index contributed by atoms with van der Waals surface area (Å²) in [6, 6.07) is 7.27. The summed E-state index contributed by atoms with van der Waals surface area (Å²) in [6.45, 7) is 2.78. The first-order chi connectivity index (χ1) is 12.2. The summed E-state index contributed by atoms with van der Waals surface area (Å²) >= 11 is 0. The minimum absolute atomic E-state index is 0.0710. The first kappa shape index (κ1) is 17.4. The van der Waals surface area contributed by atoms with Crippen molar-refractivity contribution < 1.29 is 14.1 Å². The van der Waals surface area contributed by atoms with Crippen LogP contribution in [0.25, 0.3) is 0 Å². The summed E-state index contributed by atoms with van der Waals surface area (Å²) in [6.07, 6.45) is 5.07. The van der Waals surface area contributed by atoms with Crippen LogP contribution in [-0.4, -0.2) is 41.1 Å². The van der Waals surface area contributed by atoms with Gasteiger partial charge in [0.1, 0.15) is 5.75 Å². The van der Waals surface area contributed by atoms with E-state index in [0.717, 1.165) is 13.1 Å². The molecule has 1 aliphatic rings. The lowest BCUT2D eigenvalue weighted by Crippen LogP contribution is -2.24. The Morgan fingerprint density at radius 1 is 1.24 bits per heavy atom. The van der Waals surface area contributed by atoms with Crippen molar-refractivity contribution in [2.24, 2.45) is 0 Å². The smallest absolute Gasteiger partial charge is 0.240 e. The maximum absolute atomic E-state index is 12.2. The van der Waals surface area contributed by atoms with Crippen LogP contribution in [0, 0.1) is 0 Å². The van der Waals surface area contributed by atoms with Crippen LogP contribution in [0.15, 0.2) is 28.8 Å². The molecule has 1 aromatic carbocycles. The van der Waals surface area contributed by atoms with Crippen LogP contribution in [0.3, 0.4) is 0 Å². The van der Waals surface area contributed by atoms with Crippen LogP contribution >= 0.6 is 0 Å². The molecule has 0 atom stereocenters. The van der Waals surface area contributed by atoms with Crippen molar-refractivity contribution in [1.29, 1.82) is 0 Å². The summed E-state index contributed by atoms with van der Waals surface area (Å²) in [5.41, 5.74) is 0.628. The Morgan fingerprint density at radius 2 is 2.00 bits per heavy atom. The van der Waals surface area contributed by atoms with Crippen LogP contribution in [0.4, 0.5) is 5.69 Å². The van der Waals surface area contributed by atoms with Crippen molar-refractivity contribution in [3.8, 4) is 5.75 Å². The molecule has 7 heteroatoms. The van der Waals surface area contributed by atoms with Gasteiger partial charge in [0.05, 0.1) is 25.8 Å². The van der Waals surface area contributed by atoms with E-state index in [1.165, 1.54) is 25.7 Å². The van der Waals surface area contributed by atoms with E-state index in [1.807, 2.05) is 12.1 Å². The highest BCUT2D eigenvalue weighted by atomic mass is 16.5. The molecule has 7 nitrogen and oxygen atoms in total. The molecule has 3 rings (SSSR count). The standard InChI is InChI=1S/C18H24N4O3/c1-24-15-9-5-4-8-14(15)19-17(23)12-16-20-18(25-21-16)13-22-10-6-2-3-7-11-22/h4-5,8-9H,2-3,6-7,10-13H2,1H3,(H,19,23). The summed E-state index contributed by atoms with van der Waals surface area (Å²) in [5.74, 6) is 1.39. The highest BCUT2D eigenvalue weighted by Crippen LogP contribution is 2.23. The SMILES string of the molecule is COc1ccccc1NC(=O)Cc1noc(CN2CCCCCC2)n1. The second-order valence-electron chi connectivity index (χ2n) is 6.22. The van der Waals surface area contributed by atoms with E-state index in [9.17, 15) is 4.79 Å². The number of nitrogens with zero attached hydrogens (tertiary/aromatic N) is 3. The molecule has 134 valence electrons. The fraction of sp³-hybridized carbons (Fsp3) is 0.500. The molecular formula is C18H24N4O3. The summed E-state index contributed by atoms with van der Waals surface area (Å²) in [5, 5.41) is 6.74.